The number of nitrogens with zero attached hydrogens (tertiary/aromatic N) is 1. The average Bonchev–Trinajstić information content (AvgIpc) is 2.40. The van der Waals surface area contributed by atoms with Gasteiger partial charge in [0.25, 0.3) is 10.0 Å². The van der Waals surface area contributed by atoms with Gasteiger partial charge in [-0.15, -0.1) is 3.89 Å². The van der Waals surface area contributed by atoms with E-state index >= 15 is 0 Å². The van der Waals surface area contributed by atoms with Gasteiger partial charge in [-0.05, 0) is 36.4 Å². The van der Waals surface area contributed by atoms with Crippen LogP contribution in [0.5, 0.6) is 0 Å². The van der Waals surface area contributed by atoms with E-state index in [-0.39, 0.29) is 15.7 Å². The summed E-state index contributed by atoms with van der Waals surface area (Å²) >= 11 is 5.78. The molecular weight excluding hydrogens is 343 g/mol. The molecule has 10 heteroatoms. The van der Waals surface area contributed by atoms with Gasteiger partial charge in [-0.25, -0.2) is 13.4 Å². The molecule has 0 aliphatic carbocycles. The Kier molecular flexibility index (Phi) is 4.17. The van der Waals surface area contributed by atoms with E-state index < -0.39 is 25.1 Å². The molecule has 0 spiro atoms. The van der Waals surface area contributed by atoms with Gasteiger partial charge in [-0.3, -0.25) is 4.72 Å². The number of nitrogens with one attached hydrogen (secondary N) is 1. The van der Waals surface area contributed by atoms with Crippen LogP contribution >= 0.6 is 11.6 Å². The average molecular weight is 351 g/mol. The first kappa shape index (κ1) is 15.7. The highest BCUT2D eigenvalue weighted by atomic mass is 35.5. The molecular formula is C11H8ClFN2O4S2. The third kappa shape index (κ3) is 3.69. The van der Waals surface area contributed by atoms with Gasteiger partial charge in [0.05, 0.1) is 14.8 Å². The second kappa shape index (κ2) is 5.58. The summed E-state index contributed by atoms with van der Waals surface area (Å²) in [6.07, 6.45) is 1.35. The molecule has 0 radical (unpaired) electrons. The lowest BCUT2D eigenvalue weighted by Crippen LogP contribution is -2.14. The van der Waals surface area contributed by atoms with Crippen molar-refractivity contribution in [3.63, 3.8) is 0 Å². The zero-order chi connectivity index (χ0) is 15.7. The number of sulfonamides is 1. The molecule has 0 atom stereocenters. The zero-order valence-corrected chi connectivity index (χ0v) is 12.6. The summed E-state index contributed by atoms with van der Waals surface area (Å²) in [6.45, 7) is 0. The van der Waals surface area contributed by atoms with Crippen LogP contribution in [-0.2, 0) is 20.2 Å². The zero-order valence-electron chi connectivity index (χ0n) is 10.2. The van der Waals surface area contributed by atoms with Crippen molar-refractivity contribution in [1.29, 1.82) is 0 Å². The Bertz CT molecular complexity index is 867. The van der Waals surface area contributed by atoms with Crippen molar-refractivity contribution in [3.05, 3.63) is 47.6 Å². The lowest BCUT2D eigenvalue weighted by molar-refractivity contribution is 0.551. The molecule has 1 N–H and O–H groups in total. The minimum Gasteiger partial charge on any atom is -0.262 e. The van der Waals surface area contributed by atoms with Crippen molar-refractivity contribution in [2.24, 2.45) is 0 Å². The smallest absolute Gasteiger partial charge is 0.262 e. The molecule has 2 rings (SSSR count). The van der Waals surface area contributed by atoms with Gasteiger partial charge >= 0.3 is 10.2 Å². The largest absolute Gasteiger partial charge is 0.332 e. The van der Waals surface area contributed by atoms with Gasteiger partial charge in [0.1, 0.15) is 0 Å². The van der Waals surface area contributed by atoms with Gasteiger partial charge in [0.2, 0.25) is 0 Å². The fourth-order valence-electron chi connectivity index (χ4n) is 1.43. The predicted molar refractivity (Wildman–Crippen MR) is 74.8 cm³/mol. The van der Waals surface area contributed by atoms with E-state index in [0.29, 0.717) is 0 Å². The van der Waals surface area contributed by atoms with Crippen LogP contribution in [0.2, 0.25) is 5.02 Å². The van der Waals surface area contributed by atoms with Gasteiger partial charge in [0.15, 0.2) is 5.82 Å². The van der Waals surface area contributed by atoms with Crippen molar-refractivity contribution in [3.8, 4) is 0 Å². The first-order valence-electron chi connectivity index (χ1n) is 5.38. The number of aromatic nitrogens is 1. The summed E-state index contributed by atoms with van der Waals surface area (Å²) in [5.74, 6) is -0.0682. The second-order valence-electron chi connectivity index (χ2n) is 3.85. The number of benzene rings is 1. The molecule has 0 saturated heterocycles. The van der Waals surface area contributed by atoms with Crippen LogP contribution in [0.3, 0.4) is 0 Å². The topological polar surface area (TPSA) is 93.2 Å². The molecule has 0 bridgehead atoms. The predicted octanol–water partition coefficient (Wildman–Crippen LogP) is 2.19. The highest BCUT2D eigenvalue weighted by molar-refractivity contribution is 7.92. The van der Waals surface area contributed by atoms with Gasteiger partial charge in [-0.2, -0.15) is 8.42 Å². The summed E-state index contributed by atoms with van der Waals surface area (Å²) in [7, 11) is -8.89. The Morgan fingerprint density at radius 3 is 2.10 bits per heavy atom. The maximum atomic E-state index is 12.7. The van der Waals surface area contributed by atoms with Crippen LogP contribution in [0.25, 0.3) is 0 Å². The first-order valence-corrected chi connectivity index (χ1v) is 8.63. The van der Waals surface area contributed by atoms with E-state index in [0.717, 1.165) is 24.3 Å². The van der Waals surface area contributed by atoms with Crippen molar-refractivity contribution < 1.29 is 20.7 Å². The molecule has 1 heterocycles. The first-order chi connectivity index (χ1) is 9.70. The minimum absolute atomic E-state index is 0.0682. The molecule has 0 fully saturated rings. The number of halogens is 2. The van der Waals surface area contributed by atoms with Crippen LogP contribution < -0.4 is 4.72 Å². The standard InChI is InChI=1S/C11H8ClFN2O4S2/c12-10-2-1-7-14-11(10)15-21(18,19)9-5-3-8(4-6-9)20(13,16)17/h1-7H,(H,14,15). The van der Waals surface area contributed by atoms with Gasteiger partial charge in [-0.1, -0.05) is 11.6 Å². The normalized spacial score (nSPS) is 12.1. The molecule has 0 unspecified atom stereocenters. The molecule has 2 aromatic rings. The number of pyridine rings is 1. The highest BCUT2D eigenvalue weighted by Crippen LogP contribution is 2.22. The van der Waals surface area contributed by atoms with Gasteiger partial charge < -0.3 is 0 Å². The quantitative estimate of drug-likeness (QED) is 0.853. The SMILES string of the molecule is O=S(=O)(F)c1ccc(S(=O)(=O)Nc2ncccc2Cl)cc1. The molecule has 0 aliphatic heterocycles. The molecule has 0 aliphatic rings. The monoisotopic (exact) mass is 350 g/mol. The molecule has 1 aromatic heterocycles. The maximum Gasteiger partial charge on any atom is 0.332 e. The van der Waals surface area contributed by atoms with E-state index in [1.165, 1.54) is 18.3 Å². The van der Waals surface area contributed by atoms with Crippen LogP contribution in [0.15, 0.2) is 52.4 Å². The van der Waals surface area contributed by atoms with E-state index in [1.807, 2.05) is 0 Å². The number of hydrogen-bond acceptors (Lipinski definition) is 5. The van der Waals surface area contributed by atoms with E-state index in [1.54, 1.807) is 0 Å². The lowest BCUT2D eigenvalue weighted by atomic mass is 10.4. The van der Waals surface area contributed by atoms with Crippen molar-refractivity contribution in [2.45, 2.75) is 9.79 Å². The van der Waals surface area contributed by atoms with E-state index in [4.69, 9.17) is 11.6 Å². The number of hydrogen-bond donors (Lipinski definition) is 1. The Morgan fingerprint density at radius 1 is 1.00 bits per heavy atom. The minimum atomic E-state index is -4.88. The number of rotatable bonds is 4. The summed E-state index contributed by atoms with van der Waals surface area (Å²) in [5, 5.41) is 0.101. The fraction of sp³-hybridized carbons (Fsp3) is 0. The second-order valence-corrected chi connectivity index (χ2v) is 7.29. The van der Waals surface area contributed by atoms with E-state index in [9.17, 15) is 20.7 Å². The lowest BCUT2D eigenvalue weighted by Gasteiger charge is -2.08. The van der Waals surface area contributed by atoms with Crippen molar-refractivity contribution in [2.75, 3.05) is 4.72 Å². The van der Waals surface area contributed by atoms with Crippen LogP contribution in [0.1, 0.15) is 0 Å². The van der Waals surface area contributed by atoms with Crippen LogP contribution in [-0.4, -0.2) is 21.8 Å². The highest BCUT2D eigenvalue weighted by Gasteiger charge is 2.18. The third-order valence-electron chi connectivity index (χ3n) is 2.41. The van der Waals surface area contributed by atoms with Crippen LogP contribution in [0.4, 0.5) is 9.70 Å². The van der Waals surface area contributed by atoms with E-state index in [2.05, 4.69) is 9.71 Å². The summed E-state index contributed by atoms with van der Waals surface area (Å²) in [4.78, 5) is 2.89. The molecule has 0 amide bonds. The molecule has 112 valence electrons. The molecule has 0 saturated carbocycles. The summed E-state index contributed by atoms with van der Waals surface area (Å²) < 4.78 is 60.3. The molecule has 6 nitrogen and oxygen atoms in total. The summed E-state index contributed by atoms with van der Waals surface area (Å²) in [6, 6.07) is 6.61. The van der Waals surface area contributed by atoms with Gasteiger partial charge in [0, 0.05) is 6.20 Å². The fourth-order valence-corrected chi connectivity index (χ4v) is 3.14. The molecule has 1 aromatic carbocycles. The van der Waals surface area contributed by atoms with Crippen molar-refractivity contribution >= 4 is 37.7 Å². The Labute approximate surface area is 125 Å². The maximum absolute atomic E-state index is 12.7. The molecule has 21 heavy (non-hydrogen) atoms. The number of anilines is 1. The van der Waals surface area contributed by atoms with Crippen molar-refractivity contribution in [1.82, 2.24) is 4.98 Å². The summed E-state index contributed by atoms with van der Waals surface area (Å²) in [5.41, 5.74) is 0. The third-order valence-corrected chi connectivity index (χ3v) is 4.90. The van der Waals surface area contributed by atoms with Crippen LogP contribution in [0, 0.1) is 0 Å². The Hall–Kier alpha value is -1.71. The Balaban J connectivity index is 2.35. The Morgan fingerprint density at radius 2 is 1.57 bits per heavy atom.